The van der Waals surface area contributed by atoms with Gasteiger partial charge in [0.05, 0.1) is 31.2 Å². The quantitative estimate of drug-likeness (QED) is 0.619. The minimum atomic E-state index is -0.596. The van der Waals surface area contributed by atoms with Gasteiger partial charge < -0.3 is 19.5 Å². The number of esters is 1. The summed E-state index contributed by atoms with van der Waals surface area (Å²) >= 11 is 0. The number of aromatic nitrogens is 2. The largest absolute Gasteiger partial charge is 0.497 e. The van der Waals surface area contributed by atoms with Gasteiger partial charge in [-0.05, 0) is 49.4 Å². The van der Waals surface area contributed by atoms with Crippen LogP contribution in [0.1, 0.15) is 16.1 Å². The van der Waals surface area contributed by atoms with Crippen molar-refractivity contribution in [2.75, 3.05) is 26.1 Å². The third-order valence-corrected chi connectivity index (χ3v) is 4.19. The Morgan fingerprint density at radius 2 is 1.79 bits per heavy atom. The van der Waals surface area contributed by atoms with Gasteiger partial charge in [0.2, 0.25) is 0 Å². The van der Waals surface area contributed by atoms with Crippen molar-refractivity contribution in [1.82, 2.24) is 9.78 Å². The molecule has 0 fully saturated rings. The van der Waals surface area contributed by atoms with E-state index in [0.29, 0.717) is 22.7 Å². The van der Waals surface area contributed by atoms with Gasteiger partial charge in [0.15, 0.2) is 6.61 Å². The fraction of sp³-hybridized carbons (Fsp3) is 0.190. The number of anilines is 1. The number of rotatable bonds is 7. The van der Waals surface area contributed by atoms with Crippen LogP contribution < -0.4 is 14.8 Å². The smallest absolute Gasteiger partial charge is 0.338 e. The number of carbonyl (C=O) groups is 2. The third kappa shape index (κ3) is 4.73. The summed E-state index contributed by atoms with van der Waals surface area (Å²) in [6.45, 7) is 1.50. The van der Waals surface area contributed by atoms with E-state index in [1.54, 1.807) is 53.3 Å². The van der Waals surface area contributed by atoms with Gasteiger partial charge in [0.25, 0.3) is 5.91 Å². The van der Waals surface area contributed by atoms with Gasteiger partial charge in [-0.25, -0.2) is 9.48 Å². The molecular formula is C21H21N3O5. The lowest BCUT2D eigenvalue weighted by molar-refractivity contribution is -0.119. The summed E-state index contributed by atoms with van der Waals surface area (Å²) in [5, 5.41) is 6.86. The third-order valence-electron chi connectivity index (χ3n) is 4.19. The van der Waals surface area contributed by atoms with Crippen LogP contribution in [0.15, 0.2) is 54.7 Å². The molecule has 1 N–H and O–H groups in total. The molecule has 0 saturated carbocycles. The summed E-state index contributed by atoms with van der Waals surface area (Å²) in [5.41, 5.74) is 2.56. The number of nitrogens with one attached hydrogen (secondary N) is 1. The Morgan fingerprint density at radius 3 is 2.41 bits per heavy atom. The van der Waals surface area contributed by atoms with Crippen molar-refractivity contribution in [3.8, 4) is 17.2 Å². The van der Waals surface area contributed by atoms with E-state index in [9.17, 15) is 9.59 Å². The van der Waals surface area contributed by atoms with Gasteiger partial charge in [0, 0.05) is 18.0 Å². The van der Waals surface area contributed by atoms with Crippen molar-refractivity contribution in [2.45, 2.75) is 6.92 Å². The molecule has 0 aliphatic carbocycles. The molecular weight excluding hydrogens is 374 g/mol. The van der Waals surface area contributed by atoms with Crippen molar-refractivity contribution in [1.29, 1.82) is 0 Å². The Hall–Kier alpha value is -3.81. The molecule has 0 unspecified atom stereocenters. The Bertz CT molecular complexity index is 1010. The van der Waals surface area contributed by atoms with Crippen LogP contribution in [0.5, 0.6) is 11.5 Å². The summed E-state index contributed by atoms with van der Waals surface area (Å²) in [4.78, 5) is 24.4. The summed E-state index contributed by atoms with van der Waals surface area (Å²) in [6.07, 6.45) is 1.70. The molecule has 0 aliphatic heterocycles. The molecule has 29 heavy (non-hydrogen) atoms. The number of benzene rings is 2. The first-order chi connectivity index (χ1) is 14.0. The molecule has 2 aromatic carbocycles. The zero-order valence-corrected chi connectivity index (χ0v) is 16.3. The number of aryl methyl sites for hydroxylation is 1. The predicted octanol–water partition coefficient (Wildman–Crippen LogP) is 2.99. The maximum absolute atomic E-state index is 12.2. The average molecular weight is 395 g/mol. The van der Waals surface area contributed by atoms with Crippen LogP contribution in [0.2, 0.25) is 0 Å². The Labute approximate surface area is 168 Å². The molecule has 8 nitrogen and oxygen atoms in total. The maximum atomic E-state index is 12.2. The highest BCUT2D eigenvalue weighted by atomic mass is 16.5. The molecule has 0 aliphatic rings. The maximum Gasteiger partial charge on any atom is 0.338 e. The molecule has 1 amide bonds. The van der Waals surface area contributed by atoms with Crippen LogP contribution in [0.4, 0.5) is 5.69 Å². The first-order valence-corrected chi connectivity index (χ1v) is 8.82. The summed E-state index contributed by atoms with van der Waals surface area (Å²) in [6, 6.07) is 13.7. The molecule has 0 spiro atoms. The monoisotopic (exact) mass is 395 g/mol. The molecule has 0 atom stereocenters. The first kappa shape index (κ1) is 19.9. The van der Waals surface area contributed by atoms with Crippen molar-refractivity contribution in [2.24, 2.45) is 0 Å². The van der Waals surface area contributed by atoms with E-state index in [1.807, 2.05) is 13.0 Å². The lowest BCUT2D eigenvalue weighted by Crippen LogP contribution is -2.21. The molecule has 150 valence electrons. The number of hydrogen-bond acceptors (Lipinski definition) is 6. The lowest BCUT2D eigenvalue weighted by atomic mass is 10.2. The van der Waals surface area contributed by atoms with Crippen LogP contribution in [-0.4, -0.2) is 42.5 Å². The van der Waals surface area contributed by atoms with Gasteiger partial charge in [0.1, 0.15) is 11.5 Å². The number of carbonyl (C=O) groups excluding carboxylic acids is 2. The van der Waals surface area contributed by atoms with Crippen LogP contribution in [0.3, 0.4) is 0 Å². The van der Waals surface area contributed by atoms with Crippen LogP contribution in [0.25, 0.3) is 5.69 Å². The molecule has 3 aromatic rings. The lowest BCUT2D eigenvalue weighted by Gasteiger charge is -2.12. The highest BCUT2D eigenvalue weighted by Crippen LogP contribution is 2.28. The van der Waals surface area contributed by atoms with E-state index in [2.05, 4.69) is 10.4 Å². The Morgan fingerprint density at radius 1 is 1.03 bits per heavy atom. The van der Waals surface area contributed by atoms with E-state index in [-0.39, 0.29) is 0 Å². The van der Waals surface area contributed by atoms with E-state index in [0.717, 1.165) is 11.4 Å². The van der Waals surface area contributed by atoms with Gasteiger partial charge in [-0.15, -0.1) is 0 Å². The summed E-state index contributed by atoms with van der Waals surface area (Å²) in [5.74, 6) is -0.0595. The number of amides is 1. The minimum Gasteiger partial charge on any atom is -0.497 e. The van der Waals surface area contributed by atoms with E-state index >= 15 is 0 Å². The van der Waals surface area contributed by atoms with Crippen molar-refractivity contribution < 1.29 is 23.8 Å². The number of methoxy groups -OCH3 is 2. The van der Waals surface area contributed by atoms with E-state index in [4.69, 9.17) is 14.2 Å². The molecule has 3 rings (SSSR count). The van der Waals surface area contributed by atoms with Crippen LogP contribution >= 0.6 is 0 Å². The zero-order chi connectivity index (χ0) is 20.8. The molecule has 0 bridgehead atoms. The average Bonchev–Trinajstić information content (AvgIpc) is 3.17. The van der Waals surface area contributed by atoms with Crippen LogP contribution in [0, 0.1) is 6.92 Å². The molecule has 0 saturated heterocycles. The van der Waals surface area contributed by atoms with Crippen molar-refractivity contribution >= 4 is 17.6 Å². The Balaban J connectivity index is 1.59. The normalized spacial score (nSPS) is 10.3. The first-order valence-electron chi connectivity index (χ1n) is 8.82. The fourth-order valence-corrected chi connectivity index (χ4v) is 2.69. The summed E-state index contributed by atoms with van der Waals surface area (Å²) in [7, 11) is 3.01. The van der Waals surface area contributed by atoms with Crippen molar-refractivity contribution in [3.05, 3.63) is 66.0 Å². The highest BCUT2D eigenvalue weighted by Gasteiger charge is 2.13. The molecule has 0 radical (unpaired) electrons. The highest BCUT2D eigenvalue weighted by molar-refractivity contribution is 5.96. The predicted molar refractivity (Wildman–Crippen MR) is 107 cm³/mol. The number of nitrogens with zero attached hydrogens (tertiary/aromatic N) is 2. The van der Waals surface area contributed by atoms with Gasteiger partial charge in [-0.2, -0.15) is 5.10 Å². The second-order valence-electron chi connectivity index (χ2n) is 6.12. The standard InChI is InChI=1S/C21H21N3O5/c1-14-10-11-22-24(14)16-6-4-15(5-7-16)21(26)29-13-20(25)23-18-12-17(27-2)8-9-19(18)28-3/h4-12H,13H2,1-3H3,(H,23,25). The van der Waals surface area contributed by atoms with E-state index < -0.39 is 18.5 Å². The van der Waals surface area contributed by atoms with Gasteiger partial charge >= 0.3 is 5.97 Å². The summed E-state index contributed by atoms with van der Waals surface area (Å²) < 4.78 is 17.2. The van der Waals surface area contributed by atoms with E-state index in [1.165, 1.54) is 14.2 Å². The molecule has 8 heteroatoms. The van der Waals surface area contributed by atoms with Crippen LogP contribution in [-0.2, 0) is 9.53 Å². The topological polar surface area (TPSA) is 91.7 Å². The van der Waals surface area contributed by atoms with Gasteiger partial charge in [-0.1, -0.05) is 0 Å². The molecule has 1 heterocycles. The number of ether oxygens (including phenoxy) is 3. The Kier molecular flexibility index (Phi) is 6.13. The SMILES string of the molecule is COc1ccc(OC)c(NC(=O)COC(=O)c2ccc(-n3nccc3C)cc2)c1. The second kappa shape index (κ2) is 8.92. The zero-order valence-electron chi connectivity index (χ0n) is 16.3. The molecule has 1 aromatic heterocycles. The van der Waals surface area contributed by atoms with Gasteiger partial charge in [-0.3, -0.25) is 4.79 Å². The second-order valence-corrected chi connectivity index (χ2v) is 6.12. The fourth-order valence-electron chi connectivity index (χ4n) is 2.69. The minimum absolute atomic E-state index is 0.338. The van der Waals surface area contributed by atoms with Crippen molar-refractivity contribution in [3.63, 3.8) is 0 Å². The number of hydrogen-bond donors (Lipinski definition) is 1.